The number of amides is 1. The van der Waals surface area contributed by atoms with Crippen molar-refractivity contribution in [3.05, 3.63) is 71.5 Å². The predicted molar refractivity (Wildman–Crippen MR) is 150 cm³/mol. The number of sulfonamides is 1. The van der Waals surface area contributed by atoms with Crippen LogP contribution in [0, 0.1) is 23.7 Å². The number of carbonyl (C=O) groups is 1. The monoisotopic (exact) mass is 531 g/mol. The molecule has 9 heteroatoms. The number of pyridine rings is 1. The molecule has 0 unspecified atom stereocenters. The minimum atomic E-state index is -3.62. The Balaban J connectivity index is 1.55. The largest absolute Gasteiger partial charge is 0.371 e. The lowest BCUT2D eigenvalue weighted by Crippen LogP contribution is -2.32. The van der Waals surface area contributed by atoms with E-state index in [1.54, 1.807) is 36.5 Å². The van der Waals surface area contributed by atoms with Crippen LogP contribution in [0.2, 0.25) is 0 Å². The standard InChI is InChI=1S/C29H33N5O3S/c1-20-27(22-7-9-26(10-8-22)38(36,37)32-19-29(2,3)4)16-24(18-31-20)33-28(35)23-13-21(17-30)14-25(15-23)34-11-5-6-12-34/h7-10,13-16,18,32H,5-6,11-12,19H2,1-4H3,(H,33,35). The number of rotatable bonds is 7. The highest BCUT2D eigenvalue weighted by Gasteiger charge is 2.19. The van der Waals surface area contributed by atoms with Gasteiger partial charge in [0.15, 0.2) is 0 Å². The van der Waals surface area contributed by atoms with Gasteiger partial charge in [-0.2, -0.15) is 5.26 Å². The second kappa shape index (κ2) is 10.9. The second-order valence-corrected chi connectivity index (χ2v) is 12.6. The lowest BCUT2D eigenvalue weighted by atomic mass is 9.98. The highest BCUT2D eigenvalue weighted by atomic mass is 32.2. The zero-order chi connectivity index (χ0) is 27.5. The van der Waals surface area contributed by atoms with Crippen LogP contribution in [0.3, 0.4) is 0 Å². The van der Waals surface area contributed by atoms with Crippen molar-refractivity contribution in [1.82, 2.24) is 9.71 Å². The number of nitrogens with one attached hydrogen (secondary N) is 2. The van der Waals surface area contributed by atoms with Crippen LogP contribution in [-0.2, 0) is 10.0 Å². The van der Waals surface area contributed by atoms with E-state index in [-0.39, 0.29) is 16.2 Å². The lowest BCUT2D eigenvalue weighted by molar-refractivity contribution is 0.102. The first-order chi connectivity index (χ1) is 17.9. The molecule has 0 radical (unpaired) electrons. The summed E-state index contributed by atoms with van der Waals surface area (Å²) in [4.78, 5) is 19.9. The Morgan fingerprint density at radius 2 is 1.76 bits per heavy atom. The molecule has 2 N–H and O–H groups in total. The van der Waals surface area contributed by atoms with E-state index in [9.17, 15) is 18.5 Å². The van der Waals surface area contributed by atoms with Crippen molar-refractivity contribution in [2.45, 2.75) is 45.4 Å². The number of aromatic nitrogens is 1. The topological polar surface area (TPSA) is 115 Å². The van der Waals surface area contributed by atoms with Crippen LogP contribution in [0.15, 0.2) is 59.6 Å². The molecule has 0 bridgehead atoms. The summed E-state index contributed by atoms with van der Waals surface area (Å²) >= 11 is 0. The number of hydrogen-bond acceptors (Lipinski definition) is 6. The molecule has 4 rings (SSSR count). The maximum atomic E-state index is 13.1. The molecule has 1 aliphatic heterocycles. The van der Waals surface area contributed by atoms with Crippen LogP contribution >= 0.6 is 0 Å². The molecule has 198 valence electrons. The Morgan fingerprint density at radius 3 is 2.39 bits per heavy atom. The SMILES string of the molecule is Cc1ncc(NC(=O)c2cc(C#N)cc(N3CCCC3)c2)cc1-c1ccc(S(=O)(=O)NCC(C)(C)C)cc1. The van der Waals surface area contributed by atoms with E-state index in [1.165, 1.54) is 0 Å². The van der Waals surface area contributed by atoms with Gasteiger partial charge in [-0.05, 0) is 67.1 Å². The zero-order valence-electron chi connectivity index (χ0n) is 22.2. The van der Waals surface area contributed by atoms with E-state index >= 15 is 0 Å². The minimum Gasteiger partial charge on any atom is -0.371 e. The Morgan fingerprint density at radius 1 is 1.08 bits per heavy atom. The van der Waals surface area contributed by atoms with Crippen LogP contribution in [0.25, 0.3) is 11.1 Å². The van der Waals surface area contributed by atoms with Gasteiger partial charge in [-0.25, -0.2) is 13.1 Å². The number of nitriles is 1. The van der Waals surface area contributed by atoms with Crippen molar-refractivity contribution in [3.8, 4) is 17.2 Å². The Bertz CT molecular complexity index is 1480. The summed E-state index contributed by atoms with van der Waals surface area (Å²) in [6, 6.07) is 15.8. The molecule has 3 aromatic rings. The maximum Gasteiger partial charge on any atom is 0.255 e. The molecule has 0 saturated carbocycles. The lowest BCUT2D eigenvalue weighted by Gasteiger charge is -2.19. The summed E-state index contributed by atoms with van der Waals surface area (Å²) in [6.45, 7) is 9.91. The van der Waals surface area contributed by atoms with E-state index in [4.69, 9.17) is 0 Å². The van der Waals surface area contributed by atoms with Gasteiger partial charge in [0.25, 0.3) is 5.91 Å². The highest BCUT2D eigenvalue weighted by molar-refractivity contribution is 7.89. The van der Waals surface area contributed by atoms with Crippen molar-refractivity contribution in [3.63, 3.8) is 0 Å². The summed E-state index contributed by atoms with van der Waals surface area (Å²) < 4.78 is 28.0. The van der Waals surface area contributed by atoms with Crippen molar-refractivity contribution < 1.29 is 13.2 Å². The average Bonchev–Trinajstić information content (AvgIpc) is 3.43. The average molecular weight is 532 g/mol. The van der Waals surface area contributed by atoms with Gasteiger partial charge in [-0.15, -0.1) is 0 Å². The summed E-state index contributed by atoms with van der Waals surface area (Å²) in [5, 5.41) is 12.4. The number of hydrogen-bond donors (Lipinski definition) is 2. The molecule has 1 amide bonds. The van der Waals surface area contributed by atoms with Crippen LogP contribution < -0.4 is 14.9 Å². The maximum absolute atomic E-state index is 13.1. The molecule has 0 atom stereocenters. The van der Waals surface area contributed by atoms with Gasteiger partial charge in [0.1, 0.15) is 0 Å². The van der Waals surface area contributed by atoms with Gasteiger partial charge >= 0.3 is 0 Å². The summed E-state index contributed by atoms with van der Waals surface area (Å²) in [5.41, 5.74) is 4.35. The molecule has 8 nitrogen and oxygen atoms in total. The first-order valence-electron chi connectivity index (χ1n) is 12.6. The van der Waals surface area contributed by atoms with Crippen molar-refractivity contribution in [2.75, 3.05) is 29.9 Å². The van der Waals surface area contributed by atoms with E-state index in [2.05, 4.69) is 26.0 Å². The van der Waals surface area contributed by atoms with E-state index in [0.717, 1.165) is 48.4 Å². The van der Waals surface area contributed by atoms with Gasteiger partial charge in [0, 0.05) is 42.1 Å². The minimum absolute atomic E-state index is 0.174. The van der Waals surface area contributed by atoms with Gasteiger partial charge in [-0.1, -0.05) is 32.9 Å². The molecule has 0 spiro atoms. The Kier molecular flexibility index (Phi) is 7.86. The first kappa shape index (κ1) is 27.3. The van der Waals surface area contributed by atoms with Crippen molar-refractivity contribution in [2.24, 2.45) is 5.41 Å². The fourth-order valence-electron chi connectivity index (χ4n) is 4.27. The van der Waals surface area contributed by atoms with Crippen LogP contribution in [0.1, 0.15) is 55.2 Å². The third-order valence-electron chi connectivity index (χ3n) is 6.39. The molecule has 38 heavy (non-hydrogen) atoms. The number of aryl methyl sites for hydroxylation is 1. The molecule has 1 saturated heterocycles. The molecule has 2 aromatic carbocycles. The third kappa shape index (κ3) is 6.57. The predicted octanol–water partition coefficient (Wildman–Crippen LogP) is 5.11. The van der Waals surface area contributed by atoms with E-state index in [1.807, 2.05) is 45.9 Å². The van der Waals surface area contributed by atoms with Crippen LogP contribution in [0.5, 0.6) is 0 Å². The molecule has 1 aliphatic rings. The fourth-order valence-corrected chi connectivity index (χ4v) is 5.55. The van der Waals surface area contributed by atoms with Gasteiger partial charge in [0.05, 0.1) is 28.4 Å². The quantitative estimate of drug-likeness (QED) is 0.438. The fraction of sp³-hybridized carbons (Fsp3) is 0.345. The number of carbonyl (C=O) groups excluding carboxylic acids is 1. The highest BCUT2D eigenvalue weighted by Crippen LogP contribution is 2.28. The Hall–Kier alpha value is -3.74. The molecule has 1 aromatic heterocycles. The second-order valence-electron chi connectivity index (χ2n) is 10.8. The summed E-state index contributed by atoms with van der Waals surface area (Å²) in [7, 11) is -3.62. The van der Waals surface area contributed by atoms with Crippen LogP contribution in [0.4, 0.5) is 11.4 Å². The van der Waals surface area contributed by atoms with E-state index < -0.39 is 10.0 Å². The normalized spacial score (nSPS) is 13.8. The van der Waals surface area contributed by atoms with Gasteiger partial charge in [-0.3, -0.25) is 9.78 Å². The van der Waals surface area contributed by atoms with Crippen molar-refractivity contribution in [1.29, 1.82) is 5.26 Å². The van der Waals surface area contributed by atoms with Crippen LogP contribution in [-0.4, -0.2) is 38.9 Å². The molecular formula is C29H33N5O3S. The molecule has 1 fully saturated rings. The third-order valence-corrected chi connectivity index (χ3v) is 7.81. The number of nitrogens with zero attached hydrogens (tertiary/aromatic N) is 3. The molecular weight excluding hydrogens is 498 g/mol. The van der Waals surface area contributed by atoms with Crippen molar-refractivity contribution >= 4 is 27.3 Å². The number of benzene rings is 2. The van der Waals surface area contributed by atoms with E-state index in [0.29, 0.717) is 23.4 Å². The molecule has 2 heterocycles. The zero-order valence-corrected chi connectivity index (χ0v) is 23.0. The first-order valence-corrected chi connectivity index (χ1v) is 14.1. The number of anilines is 2. The molecule has 0 aliphatic carbocycles. The Labute approximate surface area is 224 Å². The van der Waals surface area contributed by atoms with Gasteiger partial charge in [0.2, 0.25) is 10.0 Å². The smallest absolute Gasteiger partial charge is 0.255 e. The summed E-state index contributed by atoms with van der Waals surface area (Å²) in [6.07, 6.45) is 3.77. The van der Waals surface area contributed by atoms with Gasteiger partial charge < -0.3 is 10.2 Å². The summed E-state index contributed by atoms with van der Waals surface area (Å²) in [5.74, 6) is -0.328.